The van der Waals surface area contributed by atoms with Gasteiger partial charge in [0.05, 0.1) is 5.56 Å². The Bertz CT molecular complexity index is 678. The van der Waals surface area contributed by atoms with Crippen molar-refractivity contribution < 1.29 is 33.3 Å². The number of ketones is 1. The highest BCUT2D eigenvalue weighted by Crippen LogP contribution is 2.27. The fraction of sp³-hybridized carbons (Fsp3) is 0.278. The predicted octanol–water partition coefficient (Wildman–Crippen LogP) is 2.26. The molecule has 2 N–H and O–H groups in total. The van der Waals surface area contributed by atoms with Gasteiger partial charge < -0.3 is 19.7 Å². The highest BCUT2D eigenvalue weighted by atomic mass is 19.1. The zero-order valence-corrected chi connectivity index (χ0v) is 13.9. The van der Waals surface area contributed by atoms with Crippen molar-refractivity contribution in [3.8, 4) is 0 Å². The topological polar surface area (TPSA) is 76.0 Å². The first-order valence-corrected chi connectivity index (χ1v) is 7.30. The van der Waals surface area contributed by atoms with Gasteiger partial charge >= 0.3 is 0 Å². The predicted molar refractivity (Wildman–Crippen MR) is 87.0 cm³/mol. The fourth-order valence-corrected chi connectivity index (χ4v) is 2.06. The molecule has 0 amide bonds. The van der Waals surface area contributed by atoms with Crippen molar-refractivity contribution in [3.63, 3.8) is 0 Å². The van der Waals surface area contributed by atoms with Gasteiger partial charge in [-0.25, -0.2) is 8.78 Å². The number of aliphatic hydroxyl groups excluding tert-OH is 2. The molecule has 2 rings (SSSR count). The molecule has 0 fully saturated rings. The van der Waals surface area contributed by atoms with Gasteiger partial charge in [0.1, 0.15) is 24.8 Å². The summed E-state index contributed by atoms with van der Waals surface area (Å²) in [4.78, 5) is 10.7. The van der Waals surface area contributed by atoms with Crippen molar-refractivity contribution in [3.05, 3.63) is 71.3 Å². The van der Waals surface area contributed by atoms with E-state index in [0.29, 0.717) is 0 Å². The first kappa shape index (κ1) is 20.9. The number of carbonyl (C=O) groups excluding carboxylic acids is 1. The van der Waals surface area contributed by atoms with Gasteiger partial charge in [0, 0.05) is 19.8 Å². The quantitative estimate of drug-likeness (QED) is 0.615. The summed E-state index contributed by atoms with van der Waals surface area (Å²) in [6.07, 6.45) is 0. The van der Waals surface area contributed by atoms with E-state index in [-0.39, 0.29) is 11.1 Å². The number of benzene rings is 2. The molecule has 2 aromatic rings. The fourth-order valence-electron chi connectivity index (χ4n) is 2.06. The minimum atomic E-state index is -1.41. The number of ether oxygens (including phenoxy) is 2. The maximum Gasteiger partial charge on any atom is 0.221 e. The molecule has 0 bridgehead atoms. The van der Waals surface area contributed by atoms with E-state index in [9.17, 15) is 13.6 Å². The van der Waals surface area contributed by atoms with E-state index in [0.717, 1.165) is 0 Å². The molecule has 0 saturated carbocycles. The number of methoxy groups -OCH3 is 2. The smallest absolute Gasteiger partial charge is 0.221 e. The average molecular weight is 354 g/mol. The summed E-state index contributed by atoms with van der Waals surface area (Å²) in [6.45, 7) is -1.10. The number of hydrogen-bond donors (Lipinski definition) is 2. The molecule has 136 valence electrons. The average Bonchev–Trinajstić information content (AvgIpc) is 2.65. The van der Waals surface area contributed by atoms with Gasteiger partial charge in [0.2, 0.25) is 5.79 Å². The van der Waals surface area contributed by atoms with E-state index in [1.807, 2.05) is 0 Å². The lowest BCUT2D eigenvalue weighted by Gasteiger charge is -2.29. The number of halogens is 2. The third-order valence-electron chi connectivity index (χ3n) is 3.47. The monoisotopic (exact) mass is 354 g/mol. The molecule has 0 saturated heterocycles. The second-order valence-corrected chi connectivity index (χ2v) is 4.86. The van der Waals surface area contributed by atoms with E-state index in [2.05, 4.69) is 0 Å². The van der Waals surface area contributed by atoms with Crippen molar-refractivity contribution in [2.45, 2.75) is 5.79 Å². The molecular formula is C18H20F2O5. The lowest BCUT2D eigenvalue weighted by molar-refractivity contribution is -0.237. The van der Waals surface area contributed by atoms with E-state index in [1.165, 1.54) is 44.6 Å². The van der Waals surface area contributed by atoms with Crippen molar-refractivity contribution in [2.75, 3.05) is 27.4 Å². The van der Waals surface area contributed by atoms with Gasteiger partial charge in [-0.3, -0.25) is 4.79 Å². The van der Waals surface area contributed by atoms with Gasteiger partial charge in [-0.1, -0.05) is 30.3 Å². The molecule has 2 aromatic carbocycles. The minimum absolute atomic E-state index is 0.0602. The third-order valence-corrected chi connectivity index (χ3v) is 3.47. The van der Waals surface area contributed by atoms with Gasteiger partial charge in [0.25, 0.3) is 0 Å². The molecular weight excluding hydrogens is 334 g/mol. The number of hydrogen-bond acceptors (Lipinski definition) is 5. The number of carbonyl (C=O) groups is 1. The Kier molecular flexibility index (Phi) is 8.30. The molecule has 0 aliphatic heterocycles. The van der Waals surface area contributed by atoms with E-state index in [4.69, 9.17) is 19.7 Å². The first-order valence-electron chi connectivity index (χ1n) is 7.30. The maximum atomic E-state index is 13.4. The molecule has 0 aliphatic carbocycles. The standard InChI is InChI=1S/C10H13FO3.C8H7FO2/c1-13-10(7-12,14-2)8-5-3-4-6-9(8)11;9-7-4-2-1-3-6(7)8(11)5-10/h3-6,12H,7H2,1-2H3;1-4,10H,5H2. The molecule has 0 radical (unpaired) electrons. The maximum absolute atomic E-state index is 13.4. The molecule has 5 nitrogen and oxygen atoms in total. The zero-order valence-electron chi connectivity index (χ0n) is 13.9. The lowest BCUT2D eigenvalue weighted by Crippen LogP contribution is -2.35. The Morgan fingerprint density at radius 2 is 1.48 bits per heavy atom. The zero-order chi connectivity index (χ0) is 18.9. The second kappa shape index (κ2) is 9.95. The van der Waals surface area contributed by atoms with Crippen LogP contribution in [-0.2, 0) is 15.3 Å². The highest BCUT2D eigenvalue weighted by molar-refractivity contribution is 5.97. The molecule has 25 heavy (non-hydrogen) atoms. The second-order valence-electron chi connectivity index (χ2n) is 4.86. The van der Waals surface area contributed by atoms with Crippen LogP contribution in [0.5, 0.6) is 0 Å². The Morgan fingerprint density at radius 3 is 1.92 bits per heavy atom. The molecule has 0 unspecified atom stereocenters. The van der Waals surface area contributed by atoms with Gasteiger partial charge in [-0.15, -0.1) is 0 Å². The van der Waals surface area contributed by atoms with Crippen molar-refractivity contribution >= 4 is 5.78 Å². The van der Waals surface area contributed by atoms with Crippen LogP contribution >= 0.6 is 0 Å². The highest BCUT2D eigenvalue weighted by Gasteiger charge is 2.33. The van der Waals surface area contributed by atoms with Crippen LogP contribution in [0.15, 0.2) is 48.5 Å². The summed E-state index contributed by atoms with van der Waals surface area (Å²) in [5.41, 5.74) is 0.127. The van der Waals surface area contributed by atoms with Crippen LogP contribution in [0.3, 0.4) is 0 Å². The normalized spacial score (nSPS) is 10.8. The molecule has 0 heterocycles. The van der Waals surface area contributed by atoms with E-state index >= 15 is 0 Å². The Labute approximate surface area is 144 Å². The van der Waals surface area contributed by atoms with Gasteiger partial charge in [-0.2, -0.15) is 0 Å². The number of aliphatic hydroxyl groups is 2. The summed E-state index contributed by atoms with van der Waals surface area (Å²) < 4.78 is 36.1. The summed E-state index contributed by atoms with van der Waals surface area (Å²) in [7, 11) is 2.71. The summed E-state index contributed by atoms with van der Waals surface area (Å²) in [5, 5.41) is 17.5. The molecule has 0 spiro atoms. The van der Waals surface area contributed by atoms with Crippen LogP contribution in [0.25, 0.3) is 0 Å². The molecule has 0 aromatic heterocycles. The first-order chi connectivity index (χ1) is 12.0. The van der Waals surface area contributed by atoms with Crippen LogP contribution in [0.2, 0.25) is 0 Å². The number of Topliss-reactive ketones (excluding diaryl/α,β-unsaturated/α-hetero) is 1. The van der Waals surface area contributed by atoms with E-state index < -0.39 is 36.4 Å². The molecule has 0 atom stereocenters. The van der Waals surface area contributed by atoms with Crippen LogP contribution in [-0.4, -0.2) is 43.4 Å². The van der Waals surface area contributed by atoms with Crippen LogP contribution in [0.1, 0.15) is 15.9 Å². The van der Waals surface area contributed by atoms with Crippen molar-refractivity contribution in [1.29, 1.82) is 0 Å². The van der Waals surface area contributed by atoms with Gasteiger partial charge in [-0.05, 0) is 18.2 Å². The lowest BCUT2D eigenvalue weighted by atomic mass is 10.1. The summed E-state index contributed by atoms with van der Waals surface area (Å²) in [6, 6.07) is 11.6. The Balaban J connectivity index is 0.000000257. The summed E-state index contributed by atoms with van der Waals surface area (Å²) in [5.74, 6) is -3.06. The minimum Gasteiger partial charge on any atom is -0.390 e. The molecule has 7 heteroatoms. The van der Waals surface area contributed by atoms with Crippen LogP contribution < -0.4 is 0 Å². The Morgan fingerprint density at radius 1 is 0.960 bits per heavy atom. The van der Waals surface area contributed by atoms with Crippen molar-refractivity contribution in [1.82, 2.24) is 0 Å². The van der Waals surface area contributed by atoms with Gasteiger partial charge in [0.15, 0.2) is 5.78 Å². The summed E-state index contributed by atoms with van der Waals surface area (Å²) >= 11 is 0. The molecule has 0 aliphatic rings. The number of rotatable bonds is 6. The van der Waals surface area contributed by atoms with Crippen LogP contribution in [0, 0.1) is 11.6 Å². The SMILES string of the molecule is COC(CO)(OC)c1ccccc1F.O=C(CO)c1ccccc1F. The third kappa shape index (κ3) is 5.14. The Hall–Kier alpha value is -2.19. The van der Waals surface area contributed by atoms with E-state index in [1.54, 1.807) is 18.2 Å². The van der Waals surface area contributed by atoms with Crippen LogP contribution in [0.4, 0.5) is 8.78 Å². The largest absolute Gasteiger partial charge is 0.390 e. The van der Waals surface area contributed by atoms with Crippen molar-refractivity contribution in [2.24, 2.45) is 0 Å².